The van der Waals surface area contributed by atoms with Gasteiger partial charge in [-0.3, -0.25) is 4.90 Å². The van der Waals surface area contributed by atoms with Gasteiger partial charge in [0.15, 0.2) is 0 Å². The number of nitrogens with zero attached hydrogens (tertiary/aromatic N) is 1. The van der Waals surface area contributed by atoms with Gasteiger partial charge in [0, 0.05) is 18.2 Å². The molecule has 0 rings (SSSR count). The summed E-state index contributed by atoms with van der Waals surface area (Å²) in [5.41, 5.74) is 0.419. The Morgan fingerprint density at radius 3 is 2.50 bits per heavy atom. The number of rotatable bonds is 6. The van der Waals surface area contributed by atoms with Crippen molar-refractivity contribution in [2.24, 2.45) is 0 Å². The van der Waals surface area contributed by atoms with Crippen LogP contribution in [0, 0.1) is 0 Å². The lowest BCUT2D eigenvalue weighted by molar-refractivity contribution is -0.132. The van der Waals surface area contributed by atoms with Crippen LogP contribution in [0.1, 0.15) is 20.3 Å². The van der Waals surface area contributed by atoms with E-state index in [9.17, 15) is 4.79 Å². The zero-order chi connectivity index (χ0) is 11.1. The molecule has 82 valence electrons. The molecule has 0 fully saturated rings. The number of aliphatic hydroxyl groups excluding tert-OH is 1. The largest absolute Gasteiger partial charge is 0.478 e. The third-order valence-electron chi connectivity index (χ3n) is 2.30. The second kappa shape index (κ2) is 6.56. The number of carbonyl (C=O) groups is 1. The lowest BCUT2D eigenvalue weighted by Gasteiger charge is -2.21. The number of aliphatic hydroxyl groups is 1. The lowest BCUT2D eigenvalue weighted by atomic mass is 10.2. The molecule has 0 aromatic heterocycles. The predicted molar refractivity (Wildman–Crippen MR) is 55.2 cm³/mol. The summed E-state index contributed by atoms with van der Waals surface area (Å²) in [5.74, 6) is -0.863. The van der Waals surface area contributed by atoms with Gasteiger partial charge in [-0.05, 0) is 20.4 Å². The number of carboxylic acids is 1. The number of aliphatic carboxylic acids is 1. The predicted octanol–water partition coefficient (Wildman–Crippen LogP) is 0.720. The number of hydrogen-bond acceptors (Lipinski definition) is 3. The van der Waals surface area contributed by atoms with Crippen LogP contribution in [0.4, 0.5) is 0 Å². The van der Waals surface area contributed by atoms with Crippen LogP contribution >= 0.6 is 0 Å². The van der Waals surface area contributed by atoms with E-state index < -0.39 is 5.97 Å². The fourth-order valence-corrected chi connectivity index (χ4v) is 0.956. The fourth-order valence-electron chi connectivity index (χ4n) is 0.956. The highest BCUT2D eigenvalue weighted by molar-refractivity contribution is 5.86. The molecule has 0 aliphatic rings. The van der Waals surface area contributed by atoms with Crippen molar-refractivity contribution in [3.05, 3.63) is 11.6 Å². The lowest BCUT2D eigenvalue weighted by Crippen LogP contribution is -2.32. The smallest absolute Gasteiger partial charge is 0.331 e. The van der Waals surface area contributed by atoms with E-state index in [-0.39, 0.29) is 12.6 Å². The second-order valence-electron chi connectivity index (χ2n) is 3.36. The number of carboxylic acid groups (broad SMARTS) is 1. The summed E-state index contributed by atoms with van der Waals surface area (Å²) in [5, 5.41) is 17.6. The standard InChI is InChI=1S/C10H19NO3/c1-4-9(10(13)14)5-6-11(3)8(2)7-12/h5,8,12H,4,6-7H2,1-3H3,(H,13,14). The van der Waals surface area contributed by atoms with E-state index in [0.29, 0.717) is 18.5 Å². The Kier molecular flexibility index (Phi) is 6.16. The van der Waals surface area contributed by atoms with Gasteiger partial charge in [-0.1, -0.05) is 13.0 Å². The van der Waals surface area contributed by atoms with Crippen molar-refractivity contribution in [3.8, 4) is 0 Å². The van der Waals surface area contributed by atoms with Gasteiger partial charge in [0.1, 0.15) is 0 Å². The zero-order valence-corrected chi connectivity index (χ0v) is 9.03. The van der Waals surface area contributed by atoms with E-state index in [4.69, 9.17) is 10.2 Å². The molecule has 0 saturated carbocycles. The Bertz CT molecular complexity index is 213. The van der Waals surface area contributed by atoms with Gasteiger partial charge >= 0.3 is 5.97 Å². The molecule has 0 aromatic carbocycles. The molecule has 0 aromatic rings. The van der Waals surface area contributed by atoms with Crippen LogP contribution in [0.2, 0.25) is 0 Å². The zero-order valence-electron chi connectivity index (χ0n) is 9.03. The second-order valence-corrected chi connectivity index (χ2v) is 3.36. The van der Waals surface area contributed by atoms with E-state index >= 15 is 0 Å². The average Bonchev–Trinajstić information content (AvgIpc) is 2.16. The molecular formula is C10H19NO3. The van der Waals surface area contributed by atoms with Crippen LogP contribution in [-0.4, -0.2) is 47.3 Å². The first-order valence-corrected chi connectivity index (χ1v) is 4.76. The molecule has 0 heterocycles. The van der Waals surface area contributed by atoms with Crippen LogP contribution in [0.3, 0.4) is 0 Å². The fraction of sp³-hybridized carbons (Fsp3) is 0.700. The maximum absolute atomic E-state index is 10.6. The number of hydrogen-bond donors (Lipinski definition) is 2. The van der Waals surface area contributed by atoms with Gasteiger partial charge in [0.2, 0.25) is 0 Å². The van der Waals surface area contributed by atoms with Crippen molar-refractivity contribution in [1.29, 1.82) is 0 Å². The minimum Gasteiger partial charge on any atom is -0.478 e. The molecule has 0 radical (unpaired) electrons. The van der Waals surface area contributed by atoms with Crippen molar-refractivity contribution < 1.29 is 15.0 Å². The minimum atomic E-state index is -0.863. The van der Waals surface area contributed by atoms with E-state index in [2.05, 4.69) is 0 Å². The summed E-state index contributed by atoms with van der Waals surface area (Å²) in [6, 6.07) is 0.0538. The Hall–Kier alpha value is -0.870. The van der Waals surface area contributed by atoms with Gasteiger partial charge in [0.25, 0.3) is 0 Å². The molecule has 4 heteroatoms. The Labute approximate surface area is 84.8 Å². The van der Waals surface area contributed by atoms with Crippen LogP contribution in [0.15, 0.2) is 11.6 Å². The molecule has 0 saturated heterocycles. The molecule has 1 unspecified atom stereocenters. The topological polar surface area (TPSA) is 60.8 Å². The molecule has 1 atom stereocenters. The van der Waals surface area contributed by atoms with Gasteiger partial charge in [0.05, 0.1) is 6.61 Å². The molecule has 0 bridgehead atoms. The Balaban J connectivity index is 4.18. The van der Waals surface area contributed by atoms with E-state index in [0.717, 1.165) is 0 Å². The molecule has 14 heavy (non-hydrogen) atoms. The summed E-state index contributed by atoms with van der Waals surface area (Å²) >= 11 is 0. The van der Waals surface area contributed by atoms with Gasteiger partial charge in [-0.2, -0.15) is 0 Å². The van der Waals surface area contributed by atoms with E-state index in [1.807, 2.05) is 25.8 Å². The summed E-state index contributed by atoms with van der Waals surface area (Å²) in [6.45, 7) is 4.34. The molecule has 0 amide bonds. The normalized spacial score (nSPS) is 14.5. The first-order chi connectivity index (χ1) is 6.52. The first kappa shape index (κ1) is 13.1. The Morgan fingerprint density at radius 1 is 1.57 bits per heavy atom. The van der Waals surface area contributed by atoms with E-state index in [1.54, 1.807) is 6.08 Å². The van der Waals surface area contributed by atoms with Crippen molar-refractivity contribution in [1.82, 2.24) is 4.90 Å². The molecule has 4 nitrogen and oxygen atoms in total. The highest BCUT2D eigenvalue weighted by Crippen LogP contribution is 2.02. The quantitative estimate of drug-likeness (QED) is 0.622. The van der Waals surface area contributed by atoms with Gasteiger partial charge < -0.3 is 10.2 Å². The van der Waals surface area contributed by atoms with Crippen molar-refractivity contribution in [3.63, 3.8) is 0 Å². The first-order valence-electron chi connectivity index (χ1n) is 4.76. The van der Waals surface area contributed by atoms with E-state index in [1.165, 1.54) is 0 Å². The van der Waals surface area contributed by atoms with Crippen molar-refractivity contribution in [2.45, 2.75) is 26.3 Å². The van der Waals surface area contributed by atoms with Crippen LogP contribution in [0.25, 0.3) is 0 Å². The van der Waals surface area contributed by atoms with Crippen LogP contribution in [0.5, 0.6) is 0 Å². The van der Waals surface area contributed by atoms with Crippen LogP contribution in [-0.2, 0) is 4.79 Å². The molecular weight excluding hydrogens is 182 g/mol. The maximum atomic E-state index is 10.6. The summed E-state index contributed by atoms with van der Waals surface area (Å²) in [6.07, 6.45) is 2.21. The number of likely N-dealkylation sites (N-methyl/N-ethyl adjacent to an activating group) is 1. The minimum absolute atomic E-state index is 0.0538. The molecule has 0 spiro atoms. The van der Waals surface area contributed by atoms with Gasteiger partial charge in [-0.25, -0.2) is 4.79 Å². The highest BCUT2D eigenvalue weighted by atomic mass is 16.4. The summed E-state index contributed by atoms with van der Waals surface area (Å²) in [4.78, 5) is 12.5. The SMILES string of the molecule is CCC(=CCN(C)C(C)CO)C(=O)O. The molecule has 2 N–H and O–H groups in total. The van der Waals surface area contributed by atoms with Crippen molar-refractivity contribution >= 4 is 5.97 Å². The molecule has 0 aliphatic heterocycles. The average molecular weight is 201 g/mol. The summed E-state index contributed by atoms with van der Waals surface area (Å²) < 4.78 is 0. The summed E-state index contributed by atoms with van der Waals surface area (Å²) in [7, 11) is 1.85. The maximum Gasteiger partial charge on any atom is 0.331 e. The molecule has 0 aliphatic carbocycles. The van der Waals surface area contributed by atoms with Crippen LogP contribution < -0.4 is 0 Å². The van der Waals surface area contributed by atoms with Crippen molar-refractivity contribution in [2.75, 3.05) is 20.2 Å². The third kappa shape index (κ3) is 4.39. The van der Waals surface area contributed by atoms with Gasteiger partial charge in [-0.15, -0.1) is 0 Å². The Morgan fingerprint density at radius 2 is 2.14 bits per heavy atom. The highest BCUT2D eigenvalue weighted by Gasteiger charge is 2.08. The monoisotopic (exact) mass is 201 g/mol. The third-order valence-corrected chi connectivity index (χ3v) is 2.30.